The monoisotopic (exact) mass is 212 g/mol. The van der Waals surface area contributed by atoms with Gasteiger partial charge in [-0.3, -0.25) is 0 Å². The van der Waals surface area contributed by atoms with E-state index in [0.29, 0.717) is 5.25 Å². The molecular weight excluding hydrogens is 199 g/mol. The largest absolute Gasteiger partial charge is 0.369 e. The quantitative estimate of drug-likeness (QED) is 0.664. The Kier molecular flexibility index (Phi) is 2.91. The van der Waals surface area contributed by atoms with Crippen molar-refractivity contribution in [2.24, 2.45) is 0 Å². The molecule has 0 aromatic carbocycles. The molecule has 1 unspecified atom stereocenters. The third-order valence-electron chi connectivity index (χ3n) is 2.32. The molecule has 1 atom stereocenters. The third kappa shape index (κ3) is 2.18. The van der Waals surface area contributed by atoms with E-state index in [1.54, 1.807) is 0 Å². The molecule has 1 aromatic rings. The average Bonchev–Trinajstić information content (AvgIpc) is 2.18. The molecule has 2 rings (SSSR count). The zero-order valence-electron chi connectivity index (χ0n) is 8.11. The predicted octanol–water partition coefficient (Wildman–Crippen LogP) is 2.16. The van der Waals surface area contributed by atoms with Crippen LogP contribution in [0.3, 0.4) is 0 Å². The Morgan fingerprint density at radius 1 is 1.64 bits per heavy atom. The minimum atomic E-state index is -0.395. The van der Waals surface area contributed by atoms with Crippen LogP contribution in [0.15, 0.2) is 18.3 Å². The molecule has 1 aromatic heterocycles. The summed E-state index contributed by atoms with van der Waals surface area (Å²) in [6.45, 7) is 4.20. The van der Waals surface area contributed by atoms with E-state index in [9.17, 15) is 4.39 Å². The van der Waals surface area contributed by atoms with Gasteiger partial charge in [-0.05, 0) is 6.07 Å². The summed E-state index contributed by atoms with van der Waals surface area (Å²) in [5.41, 5.74) is 0.949. The summed E-state index contributed by atoms with van der Waals surface area (Å²) in [6.07, 6.45) is 1.52. The number of anilines is 1. The highest BCUT2D eigenvalue weighted by Crippen LogP contribution is 2.23. The number of nitrogens with zero attached hydrogens (tertiary/aromatic N) is 2. The zero-order valence-corrected chi connectivity index (χ0v) is 8.93. The highest BCUT2D eigenvalue weighted by atomic mass is 32.2. The van der Waals surface area contributed by atoms with Crippen molar-refractivity contribution in [3.05, 3.63) is 24.3 Å². The Bertz CT molecular complexity index is 319. The van der Waals surface area contributed by atoms with E-state index in [-0.39, 0.29) is 0 Å². The van der Waals surface area contributed by atoms with Gasteiger partial charge in [0, 0.05) is 42.0 Å². The lowest BCUT2D eigenvalue weighted by Gasteiger charge is -2.32. The molecule has 1 aliphatic heterocycles. The number of aromatic nitrogens is 1. The van der Waals surface area contributed by atoms with Gasteiger partial charge in [-0.2, -0.15) is 16.2 Å². The van der Waals surface area contributed by atoms with Crippen molar-refractivity contribution < 1.29 is 4.39 Å². The van der Waals surface area contributed by atoms with Gasteiger partial charge in [0.05, 0.1) is 0 Å². The Morgan fingerprint density at radius 2 is 2.50 bits per heavy atom. The van der Waals surface area contributed by atoms with E-state index in [2.05, 4.69) is 16.8 Å². The number of hydrogen-bond donors (Lipinski definition) is 0. The van der Waals surface area contributed by atoms with E-state index in [1.807, 2.05) is 17.8 Å². The number of hydrogen-bond acceptors (Lipinski definition) is 3. The second-order valence-corrected chi connectivity index (χ2v) is 5.01. The Labute approximate surface area is 87.5 Å². The first-order chi connectivity index (χ1) is 6.75. The van der Waals surface area contributed by atoms with E-state index in [0.717, 1.165) is 24.5 Å². The summed E-state index contributed by atoms with van der Waals surface area (Å²) in [6, 6.07) is 3.37. The molecule has 14 heavy (non-hydrogen) atoms. The molecule has 1 aliphatic rings. The summed E-state index contributed by atoms with van der Waals surface area (Å²) in [4.78, 5) is 5.77. The summed E-state index contributed by atoms with van der Waals surface area (Å²) >= 11 is 1.97. The van der Waals surface area contributed by atoms with Gasteiger partial charge < -0.3 is 4.90 Å². The predicted molar refractivity (Wildman–Crippen MR) is 58.3 cm³/mol. The van der Waals surface area contributed by atoms with Crippen LogP contribution in [-0.4, -0.2) is 29.1 Å². The van der Waals surface area contributed by atoms with Gasteiger partial charge in [0.25, 0.3) is 0 Å². The zero-order chi connectivity index (χ0) is 9.97. The molecule has 2 nitrogen and oxygen atoms in total. The minimum absolute atomic E-state index is 0.395. The van der Waals surface area contributed by atoms with E-state index in [1.165, 1.54) is 12.3 Å². The van der Waals surface area contributed by atoms with Crippen LogP contribution in [0.5, 0.6) is 0 Å². The van der Waals surface area contributed by atoms with Crippen molar-refractivity contribution >= 4 is 17.4 Å². The van der Waals surface area contributed by atoms with Crippen LogP contribution in [0.1, 0.15) is 6.92 Å². The van der Waals surface area contributed by atoms with E-state index >= 15 is 0 Å². The van der Waals surface area contributed by atoms with Crippen molar-refractivity contribution in [1.29, 1.82) is 0 Å². The molecule has 0 radical (unpaired) electrons. The first kappa shape index (κ1) is 9.77. The Balaban J connectivity index is 2.14. The average molecular weight is 212 g/mol. The van der Waals surface area contributed by atoms with Gasteiger partial charge in [-0.1, -0.05) is 6.92 Å². The fourth-order valence-electron chi connectivity index (χ4n) is 1.64. The smallest absolute Gasteiger partial charge is 0.214 e. The summed E-state index contributed by atoms with van der Waals surface area (Å²) in [7, 11) is 0. The molecule has 1 fully saturated rings. The lowest BCUT2D eigenvalue weighted by atomic mass is 10.3. The summed E-state index contributed by atoms with van der Waals surface area (Å²) < 4.78 is 12.9. The maximum atomic E-state index is 12.9. The maximum Gasteiger partial charge on any atom is 0.214 e. The topological polar surface area (TPSA) is 16.1 Å². The van der Waals surface area contributed by atoms with Crippen molar-refractivity contribution in [1.82, 2.24) is 4.98 Å². The second-order valence-electron chi connectivity index (χ2n) is 3.46. The summed E-state index contributed by atoms with van der Waals surface area (Å²) in [5, 5.41) is 0.625. The van der Waals surface area contributed by atoms with Gasteiger partial charge in [-0.15, -0.1) is 0 Å². The van der Waals surface area contributed by atoms with Crippen LogP contribution < -0.4 is 4.90 Å². The first-order valence-corrected chi connectivity index (χ1v) is 5.78. The molecule has 0 bridgehead atoms. The number of pyridine rings is 1. The minimum Gasteiger partial charge on any atom is -0.369 e. The van der Waals surface area contributed by atoms with Gasteiger partial charge >= 0.3 is 0 Å². The molecule has 4 heteroatoms. The second kappa shape index (κ2) is 4.17. The normalized spacial score (nSPS) is 22.4. The lowest BCUT2D eigenvalue weighted by Crippen LogP contribution is -2.36. The van der Waals surface area contributed by atoms with E-state index < -0.39 is 5.95 Å². The third-order valence-corrected chi connectivity index (χ3v) is 3.45. The number of halogens is 1. The SMILES string of the molecule is CC1CN(c2ccnc(F)c2)CCS1. The van der Waals surface area contributed by atoms with Crippen molar-refractivity contribution in [3.63, 3.8) is 0 Å². The van der Waals surface area contributed by atoms with Gasteiger partial charge in [-0.25, -0.2) is 4.98 Å². The highest BCUT2D eigenvalue weighted by Gasteiger charge is 2.17. The summed E-state index contributed by atoms with van der Waals surface area (Å²) in [5.74, 6) is 0.721. The lowest BCUT2D eigenvalue weighted by molar-refractivity contribution is 0.582. The van der Waals surface area contributed by atoms with Crippen LogP contribution in [0.2, 0.25) is 0 Å². The van der Waals surface area contributed by atoms with Crippen molar-refractivity contribution in [2.45, 2.75) is 12.2 Å². The van der Waals surface area contributed by atoms with Gasteiger partial charge in [0.2, 0.25) is 5.95 Å². The Hall–Kier alpha value is -0.770. The van der Waals surface area contributed by atoms with Gasteiger partial charge in [0.15, 0.2) is 0 Å². The molecule has 0 spiro atoms. The van der Waals surface area contributed by atoms with Crippen LogP contribution in [-0.2, 0) is 0 Å². The van der Waals surface area contributed by atoms with Gasteiger partial charge in [0.1, 0.15) is 0 Å². The van der Waals surface area contributed by atoms with Crippen molar-refractivity contribution in [2.75, 3.05) is 23.7 Å². The van der Waals surface area contributed by atoms with Crippen molar-refractivity contribution in [3.8, 4) is 0 Å². The van der Waals surface area contributed by atoms with Crippen LogP contribution in [0.25, 0.3) is 0 Å². The molecular formula is C10H13FN2S. The maximum absolute atomic E-state index is 12.9. The fourth-order valence-corrected chi connectivity index (χ4v) is 2.66. The molecule has 0 aliphatic carbocycles. The fraction of sp³-hybridized carbons (Fsp3) is 0.500. The number of rotatable bonds is 1. The molecule has 0 N–H and O–H groups in total. The highest BCUT2D eigenvalue weighted by molar-refractivity contribution is 8.00. The number of thioether (sulfide) groups is 1. The van der Waals surface area contributed by atoms with Crippen LogP contribution in [0, 0.1) is 5.95 Å². The standard InChI is InChI=1S/C10H13FN2S/c1-8-7-13(4-5-14-8)9-2-3-12-10(11)6-9/h2-3,6,8H,4-5,7H2,1H3. The molecule has 0 amide bonds. The van der Waals surface area contributed by atoms with Crippen LogP contribution >= 0.6 is 11.8 Å². The molecule has 1 saturated heterocycles. The first-order valence-electron chi connectivity index (χ1n) is 4.74. The molecule has 76 valence electrons. The molecule has 0 saturated carbocycles. The molecule has 2 heterocycles. The van der Waals surface area contributed by atoms with Crippen LogP contribution in [0.4, 0.5) is 10.1 Å². The van der Waals surface area contributed by atoms with E-state index in [4.69, 9.17) is 0 Å². The Morgan fingerprint density at radius 3 is 3.21 bits per heavy atom.